The molecule has 0 bridgehead atoms. The van der Waals surface area contributed by atoms with Gasteiger partial charge in [-0.05, 0) is 28.1 Å². The van der Waals surface area contributed by atoms with Crippen molar-refractivity contribution in [1.29, 1.82) is 0 Å². The number of benzene rings is 1. The van der Waals surface area contributed by atoms with Crippen LogP contribution in [0.1, 0.15) is 0 Å². The summed E-state index contributed by atoms with van der Waals surface area (Å²) >= 11 is 4.73. The van der Waals surface area contributed by atoms with Crippen LogP contribution in [-0.2, 0) is 0 Å². The molecule has 1 aromatic carbocycles. The van der Waals surface area contributed by atoms with Crippen LogP contribution in [0.2, 0.25) is 0 Å². The summed E-state index contributed by atoms with van der Waals surface area (Å²) in [6.07, 6.45) is 1.36. The minimum Gasteiger partial charge on any atom is -0.396 e. The molecule has 0 unspecified atom stereocenters. The fourth-order valence-electron chi connectivity index (χ4n) is 1.83. The summed E-state index contributed by atoms with van der Waals surface area (Å²) in [6, 6.07) is 4.85. The van der Waals surface area contributed by atoms with E-state index in [9.17, 15) is 13.2 Å². The number of aromatic nitrogens is 2. The topological polar surface area (TPSA) is 43.8 Å². The Labute approximate surface area is 129 Å². The highest BCUT2D eigenvalue weighted by Gasteiger charge is 2.16. The minimum absolute atomic E-state index is 0.206. The van der Waals surface area contributed by atoms with Crippen molar-refractivity contribution < 1.29 is 13.2 Å². The first-order valence-electron chi connectivity index (χ1n) is 5.71. The van der Waals surface area contributed by atoms with E-state index in [0.29, 0.717) is 17.4 Å². The average molecular weight is 374 g/mol. The van der Waals surface area contributed by atoms with Crippen molar-refractivity contribution in [3.05, 3.63) is 51.7 Å². The van der Waals surface area contributed by atoms with Crippen molar-refractivity contribution in [3.8, 4) is 16.3 Å². The fourth-order valence-corrected chi connectivity index (χ4v) is 3.22. The maximum absolute atomic E-state index is 13.8. The molecule has 3 aromatic rings. The van der Waals surface area contributed by atoms with Crippen molar-refractivity contribution >= 4 is 33.0 Å². The SMILES string of the molecule is Nc1cn(-c2cc(F)c(F)cc2F)nc1-c1ccc(Br)s1. The van der Waals surface area contributed by atoms with Crippen LogP contribution in [0, 0.1) is 17.5 Å². The molecule has 2 heterocycles. The third-order valence-corrected chi connectivity index (χ3v) is 4.42. The quantitative estimate of drug-likeness (QED) is 0.678. The van der Waals surface area contributed by atoms with Gasteiger partial charge in [0.05, 0.1) is 20.5 Å². The van der Waals surface area contributed by atoms with Crippen LogP contribution in [-0.4, -0.2) is 9.78 Å². The summed E-state index contributed by atoms with van der Waals surface area (Å²) in [7, 11) is 0. The molecule has 21 heavy (non-hydrogen) atoms. The number of nitrogens with zero attached hydrogens (tertiary/aromatic N) is 2. The molecule has 2 N–H and O–H groups in total. The zero-order valence-corrected chi connectivity index (χ0v) is 12.7. The smallest absolute Gasteiger partial charge is 0.161 e. The molecule has 0 amide bonds. The highest BCUT2D eigenvalue weighted by molar-refractivity contribution is 9.11. The number of thiophene rings is 1. The number of hydrogen-bond donors (Lipinski definition) is 1. The van der Waals surface area contributed by atoms with Gasteiger partial charge < -0.3 is 5.73 Å². The number of rotatable bonds is 2. The Balaban J connectivity index is 2.11. The maximum atomic E-state index is 13.8. The molecule has 8 heteroatoms. The van der Waals surface area contributed by atoms with Gasteiger partial charge in [-0.1, -0.05) is 0 Å². The number of anilines is 1. The van der Waals surface area contributed by atoms with Gasteiger partial charge in [0, 0.05) is 12.1 Å². The minimum atomic E-state index is -1.25. The second kappa shape index (κ2) is 5.19. The summed E-state index contributed by atoms with van der Waals surface area (Å²) in [5, 5.41) is 4.15. The first kappa shape index (κ1) is 14.2. The molecule has 0 atom stereocenters. The Morgan fingerprint density at radius 2 is 1.81 bits per heavy atom. The molecular weight excluding hydrogens is 367 g/mol. The molecule has 0 spiro atoms. The van der Waals surface area contributed by atoms with Gasteiger partial charge in [0.15, 0.2) is 17.5 Å². The Morgan fingerprint density at radius 1 is 1.10 bits per heavy atom. The fraction of sp³-hybridized carbons (Fsp3) is 0. The van der Waals surface area contributed by atoms with Crippen molar-refractivity contribution in [1.82, 2.24) is 9.78 Å². The zero-order chi connectivity index (χ0) is 15.1. The molecule has 0 saturated heterocycles. The van der Waals surface area contributed by atoms with Gasteiger partial charge in [-0.15, -0.1) is 11.3 Å². The number of halogens is 4. The van der Waals surface area contributed by atoms with E-state index in [4.69, 9.17) is 5.73 Å². The highest BCUT2D eigenvalue weighted by atomic mass is 79.9. The Morgan fingerprint density at radius 3 is 2.48 bits per heavy atom. The molecule has 0 saturated carbocycles. The summed E-state index contributed by atoms with van der Waals surface area (Å²) in [6.45, 7) is 0. The van der Waals surface area contributed by atoms with Gasteiger partial charge in [0.1, 0.15) is 11.4 Å². The van der Waals surface area contributed by atoms with Gasteiger partial charge >= 0.3 is 0 Å². The molecule has 2 aromatic heterocycles. The lowest BCUT2D eigenvalue weighted by Crippen LogP contribution is -2.01. The predicted molar refractivity (Wildman–Crippen MR) is 78.9 cm³/mol. The van der Waals surface area contributed by atoms with Crippen molar-refractivity contribution in [2.24, 2.45) is 0 Å². The zero-order valence-electron chi connectivity index (χ0n) is 10.3. The van der Waals surface area contributed by atoms with E-state index in [1.165, 1.54) is 17.5 Å². The van der Waals surface area contributed by atoms with Gasteiger partial charge in [0.25, 0.3) is 0 Å². The number of nitrogens with two attached hydrogens (primary N) is 1. The Kier molecular flexibility index (Phi) is 3.50. The van der Waals surface area contributed by atoms with Crippen LogP contribution < -0.4 is 5.73 Å². The molecule has 0 radical (unpaired) electrons. The van der Waals surface area contributed by atoms with E-state index in [1.54, 1.807) is 6.07 Å². The van der Waals surface area contributed by atoms with E-state index in [-0.39, 0.29) is 5.69 Å². The first-order chi connectivity index (χ1) is 9.95. The summed E-state index contributed by atoms with van der Waals surface area (Å²) in [5.74, 6) is -3.32. The average Bonchev–Trinajstić information content (AvgIpc) is 3.00. The monoisotopic (exact) mass is 373 g/mol. The lowest BCUT2D eigenvalue weighted by atomic mass is 10.3. The van der Waals surface area contributed by atoms with E-state index >= 15 is 0 Å². The van der Waals surface area contributed by atoms with Crippen molar-refractivity contribution in [2.45, 2.75) is 0 Å². The van der Waals surface area contributed by atoms with Crippen LogP contribution in [0.15, 0.2) is 34.2 Å². The van der Waals surface area contributed by atoms with Gasteiger partial charge in [0.2, 0.25) is 0 Å². The van der Waals surface area contributed by atoms with Crippen molar-refractivity contribution in [2.75, 3.05) is 5.73 Å². The first-order valence-corrected chi connectivity index (χ1v) is 7.32. The standard InChI is InChI=1S/C13H7BrF3N3S/c14-12-2-1-11(21-12)13-9(18)5-20(19-13)10-4-7(16)6(15)3-8(10)17/h1-5H,18H2. The van der Waals surface area contributed by atoms with Gasteiger partial charge in [-0.2, -0.15) is 5.10 Å². The van der Waals surface area contributed by atoms with E-state index in [1.807, 2.05) is 6.07 Å². The molecule has 0 aliphatic carbocycles. The molecule has 0 aliphatic heterocycles. The van der Waals surface area contributed by atoms with Gasteiger partial charge in [-0.25, -0.2) is 17.9 Å². The second-order valence-corrected chi connectivity index (χ2v) is 6.66. The molecule has 3 rings (SSSR count). The summed E-state index contributed by atoms with van der Waals surface area (Å²) in [5.41, 5.74) is 6.42. The van der Waals surface area contributed by atoms with Crippen LogP contribution in [0.25, 0.3) is 16.3 Å². The second-order valence-electron chi connectivity index (χ2n) is 4.20. The van der Waals surface area contributed by atoms with Crippen molar-refractivity contribution in [3.63, 3.8) is 0 Å². The Hall–Kier alpha value is -1.80. The largest absolute Gasteiger partial charge is 0.396 e. The maximum Gasteiger partial charge on any atom is 0.161 e. The van der Waals surface area contributed by atoms with E-state index in [2.05, 4.69) is 21.0 Å². The number of hydrogen-bond acceptors (Lipinski definition) is 3. The third-order valence-electron chi connectivity index (χ3n) is 2.79. The van der Waals surface area contributed by atoms with Gasteiger partial charge in [-0.3, -0.25) is 0 Å². The van der Waals surface area contributed by atoms with E-state index in [0.717, 1.165) is 19.4 Å². The van der Waals surface area contributed by atoms with Crippen LogP contribution in [0.3, 0.4) is 0 Å². The lowest BCUT2D eigenvalue weighted by Gasteiger charge is -2.03. The van der Waals surface area contributed by atoms with Crippen LogP contribution >= 0.6 is 27.3 Å². The molecular formula is C13H7BrF3N3S. The number of nitrogen functional groups attached to an aromatic ring is 1. The molecule has 0 fully saturated rings. The Bertz CT molecular complexity index is 828. The predicted octanol–water partition coefficient (Wildman–Crippen LogP) is 4.36. The normalized spacial score (nSPS) is 11.0. The lowest BCUT2D eigenvalue weighted by molar-refractivity contribution is 0.491. The molecule has 0 aliphatic rings. The van der Waals surface area contributed by atoms with Crippen LogP contribution in [0.5, 0.6) is 0 Å². The van der Waals surface area contributed by atoms with Crippen LogP contribution in [0.4, 0.5) is 18.9 Å². The molecule has 108 valence electrons. The van der Waals surface area contributed by atoms with E-state index < -0.39 is 17.5 Å². The summed E-state index contributed by atoms with van der Waals surface area (Å²) in [4.78, 5) is 0.779. The highest BCUT2D eigenvalue weighted by Crippen LogP contribution is 2.34. The third kappa shape index (κ3) is 2.56. The summed E-state index contributed by atoms with van der Waals surface area (Å²) < 4.78 is 42.0. The molecule has 3 nitrogen and oxygen atoms in total.